The molecule has 0 aliphatic rings. The van der Waals surface area contributed by atoms with Gasteiger partial charge in [0.2, 0.25) is 0 Å². The second-order valence-electron chi connectivity index (χ2n) is 1.28. The maximum atomic E-state index is 9.86. The molecule has 0 aromatic heterocycles. The second-order valence-corrected chi connectivity index (χ2v) is 1.28. The largest absolute Gasteiger partial charge is 1.00 e. The number of allylic oxidation sites excluding steroid dienone is 1. The number of carboxylic acids is 1. The first kappa shape index (κ1) is 16.2. The minimum absolute atomic E-state index is 0. The summed E-state index contributed by atoms with van der Waals surface area (Å²) in [5, 5.41) is 8.11. The van der Waals surface area contributed by atoms with Crippen LogP contribution in [0.3, 0.4) is 0 Å². The molecule has 0 aromatic rings. The first-order valence-corrected chi connectivity index (χ1v) is 2.04. The van der Waals surface area contributed by atoms with Crippen molar-refractivity contribution in [1.29, 1.82) is 0 Å². The van der Waals surface area contributed by atoms with Crippen LogP contribution < -0.4 is 29.6 Å². The predicted molar refractivity (Wildman–Crippen MR) is 35.4 cm³/mol. The maximum absolute atomic E-state index is 9.86. The van der Waals surface area contributed by atoms with Gasteiger partial charge in [-0.3, -0.25) is 0 Å². The van der Waals surface area contributed by atoms with Gasteiger partial charge in [0.1, 0.15) is 0 Å². The number of aliphatic carboxylic acids is 1. The molecule has 1 N–H and O–H groups in total. The number of hydrogen-bond acceptors (Lipinski definition) is 1. The Bertz CT molecular complexity index is 116. The number of rotatable bonds is 1. The summed E-state index contributed by atoms with van der Waals surface area (Å²) in [6.45, 7) is 3.26. The van der Waals surface area contributed by atoms with E-state index in [2.05, 4.69) is 0 Å². The number of carboxylic acid groups (broad SMARTS) is 1. The third kappa shape index (κ3) is 8.50. The van der Waals surface area contributed by atoms with Crippen LogP contribution in [-0.2, 0) is 4.79 Å². The van der Waals surface area contributed by atoms with Crippen LogP contribution in [0.5, 0.6) is 0 Å². The molecule has 0 aliphatic carbocycles. The Morgan fingerprint density at radius 1 is 1.67 bits per heavy atom. The van der Waals surface area contributed by atoms with E-state index in [1.165, 1.54) is 0 Å². The molecule has 0 radical (unpaired) electrons. The van der Waals surface area contributed by atoms with Gasteiger partial charge in [-0.1, -0.05) is 6.08 Å². The summed E-state index contributed by atoms with van der Waals surface area (Å²) in [7, 11) is 0. The van der Waals surface area contributed by atoms with E-state index in [0.717, 1.165) is 0 Å². The zero-order valence-corrected chi connectivity index (χ0v) is 8.66. The molecule has 0 aliphatic heterocycles. The molecule has 0 saturated heterocycles. The molecule has 0 heterocycles. The van der Waals surface area contributed by atoms with Crippen LogP contribution in [0.25, 0.3) is 0 Å². The van der Waals surface area contributed by atoms with Crippen molar-refractivity contribution in [2.75, 3.05) is 0 Å². The zero-order valence-electron chi connectivity index (χ0n) is 6.84. The molecule has 0 amide bonds. The van der Waals surface area contributed by atoms with Gasteiger partial charge in [-0.05, 0) is 13.8 Å². The average Bonchev–Trinajstić information content (AvgIpc) is 1.65. The summed E-state index contributed by atoms with van der Waals surface area (Å²) in [6, 6.07) is 0. The summed E-state index contributed by atoms with van der Waals surface area (Å²) in [5.41, 5.74) is 0.389. The van der Waals surface area contributed by atoms with E-state index in [-0.39, 0.29) is 43.4 Å². The van der Waals surface area contributed by atoms with E-state index in [9.17, 15) is 4.79 Å². The van der Waals surface area contributed by atoms with E-state index in [1.54, 1.807) is 19.9 Å². The predicted octanol–water partition coefficient (Wildman–Crippen LogP) is -1.42. The molecular weight excluding hydrogens is 150 g/mol. The zero-order chi connectivity index (χ0) is 5.86. The van der Waals surface area contributed by atoms with Crippen LogP contribution in [0.2, 0.25) is 0 Å². The molecule has 0 unspecified atom stereocenters. The van der Waals surface area contributed by atoms with Crippen molar-refractivity contribution in [2.45, 2.75) is 13.8 Å². The fraction of sp³-hybridized carbons (Fsp3) is 0.400. The van der Waals surface area contributed by atoms with Crippen LogP contribution in [0, 0.1) is 0 Å². The van der Waals surface area contributed by atoms with E-state index >= 15 is 0 Å². The molecule has 9 heavy (non-hydrogen) atoms. The molecule has 0 aromatic carbocycles. The van der Waals surface area contributed by atoms with Gasteiger partial charge >= 0.3 is 35.5 Å². The molecule has 0 bridgehead atoms. The van der Waals surface area contributed by atoms with Crippen molar-refractivity contribution in [3.63, 3.8) is 0 Å². The van der Waals surface area contributed by atoms with Gasteiger partial charge in [0.05, 0.1) is 0 Å². The van der Waals surface area contributed by atoms with E-state index in [4.69, 9.17) is 5.11 Å². The SMILES string of the molecule is CC=C(C)C(=O)O.Cl.[H-].[Na+]. The molecular formula is C5H10ClNaO2. The Balaban J connectivity index is -0.0000000600. The molecule has 0 rings (SSSR count). The van der Waals surface area contributed by atoms with Gasteiger partial charge < -0.3 is 6.53 Å². The molecule has 0 saturated carbocycles. The Kier molecular flexibility index (Phi) is 15.3. The van der Waals surface area contributed by atoms with E-state index in [1.807, 2.05) is 0 Å². The van der Waals surface area contributed by atoms with Gasteiger partial charge in [-0.25, -0.2) is 4.79 Å². The summed E-state index contributed by atoms with van der Waals surface area (Å²) >= 11 is 0. The summed E-state index contributed by atoms with van der Waals surface area (Å²) in [4.78, 5) is 9.86. The minimum atomic E-state index is -0.845. The molecule has 0 fully saturated rings. The van der Waals surface area contributed by atoms with Gasteiger partial charge in [-0.15, -0.1) is 12.4 Å². The number of hydrogen-bond donors (Lipinski definition) is 1. The van der Waals surface area contributed by atoms with Crippen LogP contribution in [0.1, 0.15) is 15.3 Å². The Hall–Kier alpha value is 0.500. The van der Waals surface area contributed by atoms with Crippen molar-refractivity contribution >= 4 is 18.4 Å². The molecule has 50 valence electrons. The molecule has 2 nitrogen and oxygen atoms in total. The van der Waals surface area contributed by atoms with E-state index in [0.29, 0.717) is 5.57 Å². The third-order valence-corrected chi connectivity index (χ3v) is 0.770. The van der Waals surface area contributed by atoms with Gasteiger partial charge in [0.25, 0.3) is 0 Å². The Labute approximate surface area is 84.5 Å². The van der Waals surface area contributed by atoms with Crippen LogP contribution in [0.4, 0.5) is 0 Å². The standard InChI is InChI=1S/C5H8O2.ClH.Na.H/c1-3-4(2)5(6)7;;;/h3H,1-2H3,(H,6,7);1H;;/q;;+1;-1. The first-order valence-electron chi connectivity index (χ1n) is 2.04. The Morgan fingerprint density at radius 2 is 2.00 bits per heavy atom. The van der Waals surface area contributed by atoms with Crippen LogP contribution in [0.15, 0.2) is 11.6 Å². The topological polar surface area (TPSA) is 37.3 Å². The number of halogens is 1. The molecule has 4 heteroatoms. The first-order chi connectivity index (χ1) is 3.18. The quantitative estimate of drug-likeness (QED) is 0.378. The second kappa shape index (κ2) is 8.50. The van der Waals surface area contributed by atoms with E-state index < -0.39 is 5.97 Å². The fourth-order valence-electron chi connectivity index (χ4n) is 0.123. The van der Waals surface area contributed by atoms with Crippen molar-refractivity contribution in [1.82, 2.24) is 0 Å². The van der Waals surface area contributed by atoms with Crippen LogP contribution >= 0.6 is 12.4 Å². The maximum Gasteiger partial charge on any atom is 1.00 e. The summed E-state index contributed by atoms with van der Waals surface area (Å²) < 4.78 is 0. The van der Waals surface area contributed by atoms with Gasteiger partial charge in [-0.2, -0.15) is 0 Å². The average molecular weight is 161 g/mol. The summed E-state index contributed by atoms with van der Waals surface area (Å²) in [6.07, 6.45) is 1.56. The van der Waals surface area contributed by atoms with Crippen molar-refractivity contribution in [2.24, 2.45) is 0 Å². The number of carbonyl (C=O) groups is 1. The van der Waals surface area contributed by atoms with Crippen LogP contribution in [-0.4, -0.2) is 11.1 Å². The minimum Gasteiger partial charge on any atom is -1.00 e. The molecule has 0 spiro atoms. The fourth-order valence-corrected chi connectivity index (χ4v) is 0.123. The summed E-state index contributed by atoms with van der Waals surface area (Å²) in [5.74, 6) is -0.845. The van der Waals surface area contributed by atoms with Crippen molar-refractivity contribution < 1.29 is 40.9 Å². The third-order valence-electron chi connectivity index (χ3n) is 0.770. The normalized spacial score (nSPS) is 8.89. The molecule has 0 atom stereocenters. The smallest absolute Gasteiger partial charge is 1.00 e. The van der Waals surface area contributed by atoms with Gasteiger partial charge in [0, 0.05) is 5.57 Å². The van der Waals surface area contributed by atoms with Crippen molar-refractivity contribution in [3.05, 3.63) is 11.6 Å². The monoisotopic (exact) mass is 160 g/mol. The van der Waals surface area contributed by atoms with Gasteiger partial charge in [0.15, 0.2) is 0 Å². The van der Waals surface area contributed by atoms with Crippen molar-refractivity contribution in [3.8, 4) is 0 Å². The Morgan fingerprint density at radius 3 is 2.00 bits per heavy atom.